The minimum Gasteiger partial charge on any atom is -0.353 e. The predicted molar refractivity (Wildman–Crippen MR) is 118 cm³/mol. The minimum absolute atomic E-state index is 0.0363. The van der Waals surface area contributed by atoms with Crippen LogP contribution in [0, 0.1) is 5.92 Å². The number of aromatic nitrogens is 3. The van der Waals surface area contributed by atoms with Crippen LogP contribution < -0.4 is 10.6 Å². The van der Waals surface area contributed by atoms with Crippen LogP contribution in [0.2, 0.25) is 0 Å². The molecule has 30 heavy (non-hydrogen) atoms. The molecular formula is C22H31N5O2S. The van der Waals surface area contributed by atoms with Gasteiger partial charge in [-0.25, -0.2) is 0 Å². The molecule has 2 amide bonds. The van der Waals surface area contributed by atoms with E-state index in [1.807, 2.05) is 43.7 Å². The maximum atomic E-state index is 12.6. The molecule has 0 saturated heterocycles. The van der Waals surface area contributed by atoms with E-state index in [0.29, 0.717) is 28.3 Å². The summed E-state index contributed by atoms with van der Waals surface area (Å²) >= 11 is 1.37. The molecule has 0 radical (unpaired) electrons. The first-order valence-corrected chi connectivity index (χ1v) is 11.6. The van der Waals surface area contributed by atoms with Crippen LogP contribution in [0.5, 0.6) is 0 Å². The largest absolute Gasteiger partial charge is 0.353 e. The molecule has 2 aromatic rings. The van der Waals surface area contributed by atoms with Crippen molar-refractivity contribution in [1.29, 1.82) is 0 Å². The molecule has 1 heterocycles. The van der Waals surface area contributed by atoms with Gasteiger partial charge in [0.15, 0.2) is 11.0 Å². The van der Waals surface area contributed by atoms with E-state index in [-0.39, 0.29) is 23.8 Å². The molecular weight excluding hydrogens is 398 g/mol. The lowest BCUT2D eigenvalue weighted by Crippen LogP contribution is -2.37. The Kier molecular flexibility index (Phi) is 7.90. The first-order chi connectivity index (χ1) is 14.5. The van der Waals surface area contributed by atoms with E-state index < -0.39 is 0 Å². The summed E-state index contributed by atoms with van der Waals surface area (Å²) in [5.41, 5.74) is 0.610. The summed E-state index contributed by atoms with van der Waals surface area (Å²) in [7, 11) is 1.88. The van der Waals surface area contributed by atoms with Crippen LogP contribution in [0.25, 0.3) is 0 Å². The molecule has 162 valence electrons. The van der Waals surface area contributed by atoms with E-state index in [4.69, 9.17) is 0 Å². The predicted octanol–water partition coefficient (Wildman–Crippen LogP) is 3.48. The molecule has 1 saturated carbocycles. The highest BCUT2D eigenvalue weighted by atomic mass is 32.2. The van der Waals surface area contributed by atoms with Crippen LogP contribution in [-0.2, 0) is 11.8 Å². The first kappa shape index (κ1) is 22.3. The van der Waals surface area contributed by atoms with Gasteiger partial charge in [-0.05, 0) is 30.9 Å². The number of amides is 2. The summed E-state index contributed by atoms with van der Waals surface area (Å²) in [5, 5.41) is 15.5. The van der Waals surface area contributed by atoms with E-state index in [0.717, 1.165) is 12.8 Å². The average Bonchev–Trinajstić information content (AvgIpc) is 3.11. The van der Waals surface area contributed by atoms with Crippen LogP contribution in [-0.4, -0.2) is 38.4 Å². The quantitative estimate of drug-likeness (QED) is 0.627. The van der Waals surface area contributed by atoms with E-state index in [1.165, 1.54) is 31.0 Å². The van der Waals surface area contributed by atoms with Crippen molar-refractivity contribution >= 4 is 23.6 Å². The van der Waals surface area contributed by atoms with Gasteiger partial charge >= 0.3 is 0 Å². The summed E-state index contributed by atoms with van der Waals surface area (Å²) in [5.74, 6) is 1.02. The lowest BCUT2D eigenvalue weighted by atomic mass is 9.95. The average molecular weight is 430 g/mol. The van der Waals surface area contributed by atoms with Crippen LogP contribution >= 0.6 is 11.8 Å². The van der Waals surface area contributed by atoms with E-state index in [1.54, 1.807) is 12.1 Å². The minimum atomic E-state index is -0.277. The monoisotopic (exact) mass is 429 g/mol. The summed E-state index contributed by atoms with van der Waals surface area (Å²) in [6.45, 7) is 4.07. The molecule has 1 aromatic heterocycles. The van der Waals surface area contributed by atoms with Crippen molar-refractivity contribution < 1.29 is 9.59 Å². The van der Waals surface area contributed by atoms with Crippen LogP contribution in [0.4, 0.5) is 0 Å². The highest BCUT2D eigenvalue weighted by Crippen LogP contribution is 2.24. The highest BCUT2D eigenvalue weighted by Gasteiger charge is 2.25. The second-order valence-electron chi connectivity index (χ2n) is 8.15. The summed E-state index contributed by atoms with van der Waals surface area (Å²) in [4.78, 5) is 24.9. The van der Waals surface area contributed by atoms with Gasteiger partial charge in [-0.2, -0.15) is 0 Å². The third kappa shape index (κ3) is 5.84. The van der Waals surface area contributed by atoms with Crippen LogP contribution in [0.3, 0.4) is 0 Å². The fourth-order valence-corrected chi connectivity index (χ4v) is 4.44. The Bertz CT molecular complexity index is 846. The topological polar surface area (TPSA) is 88.9 Å². The van der Waals surface area contributed by atoms with E-state index >= 15 is 0 Å². The first-order valence-electron chi connectivity index (χ1n) is 10.6. The smallest absolute Gasteiger partial charge is 0.251 e. The SMILES string of the molecule is CC(C)[C@H](NC(=O)c1ccccc1)c1nnc(SCC(=O)NC2CCCCC2)n1C. The molecule has 1 atom stereocenters. The summed E-state index contributed by atoms with van der Waals surface area (Å²) in [6.07, 6.45) is 5.79. The molecule has 0 spiro atoms. The zero-order valence-corrected chi connectivity index (χ0v) is 18.7. The lowest BCUT2D eigenvalue weighted by Gasteiger charge is -2.22. The zero-order chi connectivity index (χ0) is 21.5. The van der Waals surface area contributed by atoms with Gasteiger partial charge in [0, 0.05) is 18.7 Å². The van der Waals surface area contributed by atoms with Gasteiger partial charge in [-0.3, -0.25) is 9.59 Å². The number of nitrogens with one attached hydrogen (secondary N) is 2. The summed E-state index contributed by atoms with van der Waals surface area (Å²) in [6, 6.07) is 9.17. The molecule has 3 rings (SSSR count). The molecule has 1 aromatic carbocycles. The Morgan fingerprint density at radius 3 is 2.50 bits per heavy atom. The number of benzene rings is 1. The van der Waals surface area contributed by atoms with Gasteiger partial charge < -0.3 is 15.2 Å². The molecule has 0 unspecified atom stereocenters. The number of thioether (sulfide) groups is 1. The van der Waals surface area contributed by atoms with Crippen molar-refractivity contribution in [2.45, 2.75) is 63.2 Å². The van der Waals surface area contributed by atoms with Gasteiger partial charge in [0.2, 0.25) is 5.91 Å². The van der Waals surface area contributed by atoms with Crippen LogP contribution in [0.1, 0.15) is 68.2 Å². The molecule has 1 aliphatic carbocycles. The summed E-state index contributed by atoms with van der Waals surface area (Å²) < 4.78 is 1.87. The zero-order valence-electron chi connectivity index (χ0n) is 17.9. The molecule has 2 N–H and O–H groups in total. The maximum Gasteiger partial charge on any atom is 0.251 e. The van der Waals surface area contributed by atoms with Gasteiger partial charge in [-0.1, -0.05) is 63.1 Å². The number of rotatable bonds is 8. The Labute approximate surface area is 182 Å². The number of carbonyl (C=O) groups excluding carboxylic acids is 2. The van der Waals surface area contributed by atoms with Gasteiger partial charge in [0.25, 0.3) is 5.91 Å². The second-order valence-corrected chi connectivity index (χ2v) is 9.09. The Hall–Kier alpha value is -2.35. The van der Waals surface area contributed by atoms with Crippen molar-refractivity contribution in [2.24, 2.45) is 13.0 Å². The standard InChI is InChI=1S/C22H31N5O2S/c1-15(2)19(24-21(29)16-10-6-4-7-11-16)20-25-26-22(27(20)3)30-14-18(28)23-17-12-8-5-9-13-17/h4,6-7,10-11,15,17,19H,5,8-9,12-14H2,1-3H3,(H,23,28)(H,24,29)/t19-/m0/s1. The number of nitrogens with zero attached hydrogens (tertiary/aromatic N) is 3. The fourth-order valence-electron chi connectivity index (χ4n) is 3.71. The Morgan fingerprint density at radius 1 is 1.13 bits per heavy atom. The normalized spacial score (nSPS) is 15.7. The van der Waals surface area contributed by atoms with Gasteiger partial charge in [0.1, 0.15) is 0 Å². The van der Waals surface area contributed by atoms with Crippen molar-refractivity contribution in [3.8, 4) is 0 Å². The van der Waals surface area contributed by atoms with Gasteiger partial charge in [-0.15, -0.1) is 10.2 Å². The van der Waals surface area contributed by atoms with Crippen molar-refractivity contribution in [1.82, 2.24) is 25.4 Å². The molecule has 7 nitrogen and oxygen atoms in total. The number of carbonyl (C=O) groups is 2. The Morgan fingerprint density at radius 2 is 1.83 bits per heavy atom. The fraction of sp³-hybridized carbons (Fsp3) is 0.545. The highest BCUT2D eigenvalue weighted by molar-refractivity contribution is 7.99. The third-order valence-electron chi connectivity index (χ3n) is 5.44. The number of hydrogen-bond acceptors (Lipinski definition) is 5. The van der Waals surface area contributed by atoms with Crippen molar-refractivity contribution in [3.05, 3.63) is 41.7 Å². The van der Waals surface area contributed by atoms with Crippen molar-refractivity contribution in [2.75, 3.05) is 5.75 Å². The third-order valence-corrected chi connectivity index (χ3v) is 6.46. The van der Waals surface area contributed by atoms with Crippen LogP contribution in [0.15, 0.2) is 35.5 Å². The van der Waals surface area contributed by atoms with Gasteiger partial charge in [0.05, 0.1) is 11.8 Å². The molecule has 0 bridgehead atoms. The number of hydrogen-bond donors (Lipinski definition) is 2. The molecule has 0 aliphatic heterocycles. The van der Waals surface area contributed by atoms with E-state index in [9.17, 15) is 9.59 Å². The van der Waals surface area contributed by atoms with E-state index in [2.05, 4.69) is 20.8 Å². The van der Waals surface area contributed by atoms with Crippen molar-refractivity contribution in [3.63, 3.8) is 0 Å². The molecule has 8 heteroatoms. The molecule has 1 aliphatic rings. The maximum absolute atomic E-state index is 12.6. The molecule has 1 fully saturated rings. The Balaban J connectivity index is 1.61. The second kappa shape index (κ2) is 10.6. The lowest BCUT2D eigenvalue weighted by molar-refractivity contribution is -0.119.